The number of carbonyl (C=O) groups is 3. The maximum Gasteiger partial charge on any atom is 0.249 e. The maximum atomic E-state index is 14.7. The number of nitrogens with zero attached hydrogens (tertiary/aromatic N) is 3. The highest BCUT2D eigenvalue weighted by Crippen LogP contribution is 2.58. The topological polar surface area (TPSA) is 99.6 Å². The Morgan fingerprint density at radius 3 is 2.35 bits per heavy atom. The first kappa shape index (κ1) is 31.3. The predicted molar refractivity (Wildman–Crippen MR) is 165 cm³/mol. The number of aliphatic hydroxyl groups is 1. The molecule has 3 amide bonds. The monoisotopic (exact) mass is 593 g/mol. The van der Waals surface area contributed by atoms with E-state index in [-0.39, 0.29) is 30.2 Å². The Hall–Kier alpha value is -3.17. The summed E-state index contributed by atoms with van der Waals surface area (Å²) in [6, 6.07) is 5.84. The van der Waals surface area contributed by atoms with E-state index in [1.165, 1.54) is 0 Å². The predicted octanol–water partition coefficient (Wildman–Crippen LogP) is 3.95. The van der Waals surface area contributed by atoms with Gasteiger partial charge in [-0.25, -0.2) is 0 Å². The second kappa shape index (κ2) is 12.4. The molecule has 9 nitrogen and oxygen atoms in total. The Morgan fingerprint density at radius 1 is 0.977 bits per heavy atom. The van der Waals surface area contributed by atoms with E-state index < -0.39 is 35.1 Å². The van der Waals surface area contributed by atoms with Gasteiger partial charge in [0.05, 0.1) is 36.7 Å². The third-order valence-electron chi connectivity index (χ3n) is 9.42. The first-order valence-corrected chi connectivity index (χ1v) is 15.9. The van der Waals surface area contributed by atoms with Crippen LogP contribution >= 0.6 is 0 Å². The molecule has 1 unspecified atom stereocenters. The van der Waals surface area contributed by atoms with Crippen LogP contribution in [0.2, 0.25) is 0 Å². The molecule has 1 aromatic carbocycles. The summed E-state index contributed by atoms with van der Waals surface area (Å²) in [4.78, 5) is 48.8. The normalized spacial score (nSPS) is 30.8. The van der Waals surface area contributed by atoms with E-state index in [1.807, 2.05) is 81.2 Å². The van der Waals surface area contributed by atoms with E-state index in [1.54, 1.807) is 9.80 Å². The van der Waals surface area contributed by atoms with Crippen molar-refractivity contribution < 1.29 is 29.0 Å². The van der Waals surface area contributed by atoms with Crippen LogP contribution in [0.3, 0.4) is 0 Å². The first-order valence-electron chi connectivity index (χ1n) is 15.9. The number of carbonyl (C=O) groups excluding carboxylic acids is 3. The fraction of sp³-hybridized carbons (Fsp3) is 0.618. The molecule has 2 fully saturated rings. The van der Waals surface area contributed by atoms with E-state index in [2.05, 4.69) is 6.92 Å². The molecule has 1 aromatic rings. The van der Waals surface area contributed by atoms with Crippen molar-refractivity contribution in [3.05, 3.63) is 48.6 Å². The van der Waals surface area contributed by atoms with Crippen molar-refractivity contribution in [2.24, 2.45) is 17.8 Å². The number of benzene rings is 1. The smallest absolute Gasteiger partial charge is 0.249 e. The van der Waals surface area contributed by atoms with Crippen molar-refractivity contribution in [2.75, 3.05) is 37.7 Å². The molecule has 234 valence electrons. The number of aliphatic hydroxyl groups excluding tert-OH is 1. The fourth-order valence-corrected chi connectivity index (χ4v) is 7.60. The SMILES string of the molecule is CCCCCN1CC=C[C@]23O[C@@]4(C)C=CCN(c5ccc(OCC)cc5)C(=O)[C@H]4[C@H]2C(=O)N([C@@H](CO)CC(C)C)C3C1=O. The van der Waals surface area contributed by atoms with E-state index in [0.29, 0.717) is 44.1 Å². The average molecular weight is 594 g/mol. The molecule has 4 aliphatic heterocycles. The average Bonchev–Trinajstić information content (AvgIpc) is 3.25. The van der Waals surface area contributed by atoms with Crippen molar-refractivity contribution in [3.63, 3.8) is 0 Å². The minimum absolute atomic E-state index is 0.181. The zero-order valence-corrected chi connectivity index (χ0v) is 26.2. The Labute approximate surface area is 255 Å². The van der Waals surface area contributed by atoms with Crippen LogP contribution < -0.4 is 9.64 Å². The van der Waals surface area contributed by atoms with Crippen LogP contribution in [0.25, 0.3) is 0 Å². The summed E-state index contributed by atoms with van der Waals surface area (Å²) in [6.45, 7) is 11.6. The van der Waals surface area contributed by atoms with Gasteiger partial charge < -0.3 is 29.3 Å². The second-order valence-corrected chi connectivity index (χ2v) is 12.9. The summed E-state index contributed by atoms with van der Waals surface area (Å²) >= 11 is 0. The van der Waals surface area contributed by atoms with Gasteiger partial charge in [-0.2, -0.15) is 0 Å². The lowest BCUT2D eigenvalue weighted by molar-refractivity contribution is -0.154. The number of anilines is 1. The summed E-state index contributed by atoms with van der Waals surface area (Å²) in [5.74, 6) is -1.59. The van der Waals surface area contributed by atoms with Crippen molar-refractivity contribution in [1.29, 1.82) is 0 Å². The summed E-state index contributed by atoms with van der Waals surface area (Å²) in [5, 5.41) is 10.6. The Bertz CT molecular complexity index is 1260. The number of likely N-dealkylation sites (tertiary alicyclic amines) is 1. The molecular weight excluding hydrogens is 546 g/mol. The third kappa shape index (κ3) is 5.39. The van der Waals surface area contributed by atoms with Gasteiger partial charge in [-0.05, 0) is 56.9 Å². The van der Waals surface area contributed by atoms with Crippen molar-refractivity contribution in [1.82, 2.24) is 9.80 Å². The highest BCUT2D eigenvalue weighted by molar-refractivity contribution is 6.04. The number of amides is 3. The minimum Gasteiger partial charge on any atom is -0.494 e. The highest BCUT2D eigenvalue weighted by atomic mass is 16.5. The lowest BCUT2D eigenvalue weighted by Gasteiger charge is -2.40. The molecule has 5 rings (SSSR count). The van der Waals surface area contributed by atoms with Gasteiger partial charge in [0.15, 0.2) is 0 Å². The minimum atomic E-state index is -1.33. The van der Waals surface area contributed by atoms with E-state index in [0.717, 1.165) is 19.3 Å². The fourth-order valence-electron chi connectivity index (χ4n) is 7.60. The molecule has 9 heteroatoms. The molecule has 0 bridgehead atoms. The van der Waals surface area contributed by atoms with Gasteiger partial charge in [0.1, 0.15) is 17.4 Å². The number of hydrogen-bond acceptors (Lipinski definition) is 6. The number of hydrogen-bond donors (Lipinski definition) is 1. The van der Waals surface area contributed by atoms with Gasteiger partial charge in [-0.15, -0.1) is 0 Å². The quantitative estimate of drug-likeness (QED) is 0.308. The lowest BCUT2D eigenvalue weighted by Crippen LogP contribution is -2.59. The van der Waals surface area contributed by atoms with Gasteiger partial charge in [0.2, 0.25) is 17.7 Å². The number of ether oxygens (including phenoxy) is 2. The Balaban J connectivity index is 1.59. The van der Waals surface area contributed by atoms with Crippen molar-refractivity contribution >= 4 is 23.4 Å². The summed E-state index contributed by atoms with van der Waals surface area (Å²) in [7, 11) is 0. The van der Waals surface area contributed by atoms with Crippen LogP contribution in [0, 0.1) is 17.8 Å². The molecule has 0 radical (unpaired) electrons. The van der Waals surface area contributed by atoms with Gasteiger partial charge in [-0.3, -0.25) is 14.4 Å². The van der Waals surface area contributed by atoms with Crippen molar-refractivity contribution in [3.8, 4) is 5.75 Å². The van der Waals surface area contributed by atoms with Crippen LogP contribution in [0.1, 0.15) is 60.3 Å². The number of rotatable bonds is 11. The molecule has 6 atom stereocenters. The molecule has 2 saturated heterocycles. The van der Waals surface area contributed by atoms with E-state index >= 15 is 0 Å². The van der Waals surface area contributed by atoms with Crippen molar-refractivity contribution in [2.45, 2.75) is 83.6 Å². The summed E-state index contributed by atoms with van der Waals surface area (Å²) in [5.41, 5.74) is -1.74. The van der Waals surface area contributed by atoms with Crippen LogP contribution in [-0.2, 0) is 19.1 Å². The van der Waals surface area contributed by atoms with Gasteiger partial charge in [-0.1, -0.05) is 57.9 Å². The Morgan fingerprint density at radius 2 is 1.70 bits per heavy atom. The van der Waals surface area contributed by atoms with Crippen LogP contribution in [0.4, 0.5) is 5.69 Å². The number of unbranched alkanes of at least 4 members (excludes halogenated alkanes) is 2. The van der Waals surface area contributed by atoms with Crippen LogP contribution in [0.15, 0.2) is 48.6 Å². The third-order valence-corrected chi connectivity index (χ3v) is 9.42. The number of fused-ring (bicyclic) bond motifs is 2. The van der Waals surface area contributed by atoms with Crippen LogP contribution in [0.5, 0.6) is 5.75 Å². The van der Waals surface area contributed by atoms with Gasteiger partial charge >= 0.3 is 0 Å². The zero-order valence-electron chi connectivity index (χ0n) is 26.2. The molecule has 4 heterocycles. The molecule has 1 spiro atoms. The molecule has 43 heavy (non-hydrogen) atoms. The highest BCUT2D eigenvalue weighted by Gasteiger charge is 2.75. The molecule has 1 N–H and O–H groups in total. The largest absolute Gasteiger partial charge is 0.494 e. The van der Waals surface area contributed by atoms with E-state index in [9.17, 15) is 19.5 Å². The standard InChI is InChI=1S/C34H47N3O6/c1-6-8-9-18-35-19-11-17-34-28(31(40)37(29(34)32(35)41)25(22-38)21-23(3)4)27-30(39)36(20-10-16-33(27,5)43-34)24-12-14-26(15-13-24)42-7-2/h10-17,23,25,27-29,38H,6-9,18-22H2,1-5H3/t25-,27-,28+,29?,33+,34+/m1/s1. The summed E-state index contributed by atoms with van der Waals surface area (Å²) in [6.07, 6.45) is 11.0. The summed E-state index contributed by atoms with van der Waals surface area (Å²) < 4.78 is 12.5. The van der Waals surface area contributed by atoms with E-state index in [4.69, 9.17) is 9.47 Å². The Kier molecular flexibility index (Phi) is 9.05. The van der Waals surface area contributed by atoms with Crippen LogP contribution in [-0.4, -0.2) is 88.8 Å². The molecule has 0 aromatic heterocycles. The maximum absolute atomic E-state index is 14.7. The first-order chi connectivity index (χ1) is 20.6. The molecular formula is C34H47N3O6. The lowest BCUT2D eigenvalue weighted by atomic mass is 9.74. The molecule has 0 saturated carbocycles. The van der Waals surface area contributed by atoms with Gasteiger partial charge in [0.25, 0.3) is 0 Å². The second-order valence-electron chi connectivity index (χ2n) is 12.9. The molecule has 0 aliphatic carbocycles. The molecule has 4 aliphatic rings. The zero-order chi connectivity index (χ0) is 30.9. The van der Waals surface area contributed by atoms with Gasteiger partial charge in [0, 0.05) is 25.3 Å².